The van der Waals surface area contributed by atoms with Crippen molar-refractivity contribution in [3.05, 3.63) is 11.3 Å². The smallest absolute Gasteiger partial charge is 0.225 e. The van der Waals surface area contributed by atoms with E-state index in [0.29, 0.717) is 11.8 Å². The molecule has 0 radical (unpaired) electrons. The van der Waals surface area contributed by atoms with Crippen LogP contribution in [0.1, 0.15) is 25.1 Å². The highest BCUT2D eigenvalue weighted by atomic mass is 16.5. The predicted octanol–water partition coefficient (Wildman–Crippen LogP) is 1.76. The van der Waals surface area contributed by atoms with E-state index in [0.717, 1.165) is 17.7 Å². The Kier molecular flexibility index (Phi) is 2.17. The zero-order chi connectivity index (χ0) is 8.43. The van der Waals surface area contributed by atoms with Gasteiger partial charge in [0.15, 0.2) is 0 Å². The van der Waals surface area contributed by atoms with Crippen LogP contribution in [0.4, 0.5) is 5.88 Å². The Labute approximate surface area is 66.6 Å². The van der Waals surface area contributed by atoms with Crippen molar-refractivity contribution in [3.8, 4) is 0 Å². The SMILES string of the molecule is Cc1c(CC(C)C)noc1N. The minimum absolute atomic E-state index is 0.445. The van der Waals surface area contributed by atoms with Gasteiger partial charge in [-0.05, 0) is 19.3 Å². The third-order valence-corrected chi connectivity index (χ3v) is 1.66. The molecule has 0 fully saturated rings. The van der Waals surface area contributed by atoms with Crippen molar-refractivity contribution < 1.29 is 4.52 Å². The van der Waals surface area contributed by atoms with Gasteiger partial charge in [0.05, 0.1) is 5.69 Å². The molecule has 62 valence electrons. The summed E-state index contributed by atoms with van der Waals surface area (Å²) in [6, 6.07) is 0. The molecule has 1 aromatic heterocycles. The second-order valence-electron chi connectivity index (χ2n) is 3.22. The monoisotopic (exact) mass is 154 g/mol. The van der Waals surface area contributed by atoms with Gasteiger partial charge in [-0.25, -0.2) is 0 Å². The average molecular weight is 154 g/mol. The highest BCUT2D eigenvalue weighted by Crippen LogP contribution is 2.17. The molecule has 11 heavy (non-hydrogen) atoms. The number of anilines is 1. The Balaban J connectivity index is 2.79. The first kappa shape index (κ1) is 8.11. The highest BCUT2D eigenvalue weighted by Gasteiger charge is 2.09. The van der Waals surface area contributed by atoms with Gasteiger partial charge < -0.3 is 10.3 Å². The lowest BCUT2D eigenvalue weighted by Crippen LogP contribution is -1.96. The van der Waals surface area contributed by atoms with Crippen LogP contribution < -0.4 is 5.73 Å². The fraction of sp³-hybridized carbons (Fsp3) is 0.625. The second-order valence-corrected chi connectivity index (χ2v) is 3.22. The molecule has 0 atom stereocenters. The summed E-state index contributed by atoms with van der Waals surface area (Å²) in [5.41, 5.74) is 7.46. The number of aromatic nitrogens is 1. The maximum absolute atomic E-state index is 5.49. The lowest BCUT2D eigenvalue weighted by molar-refractivity contribution is 0.422. The lowest BCUT2D eigenvalue weighted by Gasteiger charge is -1.99. The molecule has 0 aliphatic carbocycles. The molecule has 0 saturated carbocycles. The molecule has 0 saturated heterocycles. The molecular weight excluding hydrogens is 140 g/mol. The molecule has 3 nitrogen and oxygen atoms in total. The summed E-state index contributed by atoms with van der Waals surface area (Å²) in [5.74, 6) is 1.04. The van der Waals surface area contributed by atoms with Gasteiger partial charge in [0.1, 0.15) is 0 Å². The first-order valence-electron chi connectivity index (χ1n) is 3.82. The molecule has 0 aliphatic rings. The van der Waals surface area contributed by atoms with Crippen LogP contribution in [0.2, 0.25) is 0 Å². The quantitative estimate of drug-likeness (QED) is 0.706. The van der Waals surface area contributed by atoms with E-state index >= 15 is 0 Å². The summed E-state index contributed by atoms with van der Waals surface area (Å²) in [6.45, 7) is 6.22. The Hall–Kier alpha value is -0.990. The molecular formula is C8H14N2O. The van der Waals surface area contributed by atoms with E-state index in [1.54, 1.807) is 0 Å². The van der Waals surface area contributed by atoms with E-state index in [1.165, 1.54) is 0 Å². The van der Waals surface area contributed by atoms with Crippen LogP contribution in [0.3, 0.4) is 0 Å². The molecule has 0 spiro atoms. The van der Waals surface area contributed by atoms with Crippen molar-refractivity contribution in [2.24, 2.45) is 5.92 Å². The molecule has 0 aliphatic heterocycles. The summed E-state index contributed by atoms with van der Waals surface area (Å²) >= 11 is 0. The van der Waals surface area contributed by atoms with Crippen LogP contribution in [0.25, 0.3) is 0 Å². The van der Waals surface area contributed by atoms with Crippen molar-refractivity contribution in [2.75, 3.05) is 5.73 Å². The number of nitrogens with zero attached hydrogens (tertiary/aromatic N) is 1. The zero-order valence-corrected chi connectivity index (χ0v) is 7.22. The number of nitrogens with two attached hydrogens (primary N) is 1. The van der Waals surface area contributed by atoms with Crippen molar-refractivity contribution in [2.45, 2.75) is 27.2 Å². The normalized spacial score (nSPS) is 10.9. The summed E-state index contributed by atoms with van der Waals surface area (Å²) in [4.78, 5) is 0. The molecule has 0 amide bonds. The van der Waals surface area contributed by atoms with Crippen LogP contribution in [-0.2, 0) is 6.42 Å². The first-order chi connectivity index (χ1) is 5.11. The van der Waals surface area contributed by atoms with Gasteiger partial charge in [0, 0.05) is 5.56 Å². The maximum atomic E-state index is 5.49. The van der Waals surface area contributed by atoms with E-state index in [4.69, 9.17) is 10.3 Å². The summed E-state index contributed by atoms with van der Waals surface area (Å²) in [6.07, 6.45) is 0.937. The molecule has 1 rings (SSSR count). The average Bonchev–Trinajstić information content (AvgIpc) is 2.18. The molecule has 0 unspecified atom stereocenters. The summed E-state index contributed by atoms with van der Waals surface area (Å²) in [7, 11) is 0. The Bertz CT molecular complexity index is 240. The molecule has 1 heterocycles. The Morgan fingerprint density at radius 1 is 1.55 bits per heavy atom. The van der Waals surface area contributed by atoms with Crippen LogP contribution in [0.15, 0.2) is 4.52 Å². The summed E-state index contributed by atoms with van der Waals surface area (Å²) in [5, 5.41) is 3.86. The topological polar surface area (TPSA) is 52.0 Å². The number of nitrogen functional groups attached to an aromatic ring is 1. The van der Waals surface area contributed by atoms with E-state index in [1.807, 2.05) is 6.92 Å². The van der Waals surface area contributed by atoms with Gasteiger partial charge >= 0.3 is 0 Å². The zero-order valence-electron chi connectivity index (χ0n) is 7.22. The Morgan fingerprint density at radius 3 is 2.55 bits per heavy atom. The number of hydrogen-bond acceptors (Lipinski definition) is 3. The molecule has 0 aromatic carbocycles. The van der Waals surface area contributed by atoms with Crippen molar-refractivity contribution in [1.82, 2.24) is 5.16 Å². The largest absolute Gasteiger partial charge is 0.367 e. The third-order valence-electron chi connectivity index (χ3n) is 1.66. The van der Waals surface area contributed by atoms with Gasteiger partial charge in [-0.3, -0.25) is 0 Å². The van der Waals surface area contributed by atoms with Gasteiger partial charge in [-0.15, -0.1) is 0 Å². The lowest BCUT2D eigenvalue weighted by atomic mass is 10.1. The molecule has 3 heteroatoms. The second kappa shape index (κ2) is 2.95. The Morgan fingerprint density at radius 2 is 2.18 bits per heavy atom. The van der Waals surface area contributed by atoms with Crippen molar-refractivity contribution >= 4 is 5.88 Å². The standard InChI is InChI=1S/C8H14N2O/c1-5(2)4-7-6(3)8(9)11-10-7/h5H,4,9H2,1-3H3. The minimum atomic E-state index is 0.445. The van der Waals surface area contributed by atoms with E-state index < -0.39 is 0 Å². The van der Waals surface area contributed by atoms with Crippen LogP contribution in [0, 0.1) is 12.8 Å². The van der Waals surface area contributed by atoms with Gasteiger partial charge in [0.2, 0.25) is 5.88 Å². The van der Waals surface area contributed by atoms with E-state index in [9.17, 15) is 0 Å². The number of rotatable bonds is 2. The van der Waals surface area contributed by atoms with Gasteiger partial charge in [-0.2, -0.15) is 0 Å². The fourth-order valence-corrected chi connectivity index (χ4v) is 0.960. The van der Waals surface area contributed by atoms with Crippen LogP contribution >= 0.6 is 0 Å². The third kappa shape index (κ3) is 1.73. The van der Waals surface area contributed by atoms with Gasteiger partial charge in [-0.1, -0.05) is 19.0 Å². The number of hydrogen-bond donors (Lipinski definition) is 1. The van der Waals surface area contributed by atoms with Crippen LogP contribution in [0.5, 0.6) is 0 Å². The van der Waals surface area contributed by atoms with Crippen molar-refractivity contribution in [1.29, 1.82) is 0 Å². The molecule has 1 aromatic rings. The summed E-state index contributed by atoms with van der Waals surface area (Å²) < 4.78 is 4.82. The molecule has 2 N–H and O–H groups in total. The fourth-order valence-electron chi connectivity index (χ4n) is 0.960. The van der Waals surface area contributed by atoms with Gasteiger partial charge in [0.25, 0.3) is 0 Å². The maximum Gasteiger partial charge on any atom is 0.225 e. The van der Waals surface area contributed by atoms with E-state index in [-0.39, 0.29) is 0 Å². The highest BCUT2D eigenvalue weighted by molar-refractivity contribution is 5.37. The predicted molar refractivity (Wildman–Crippen MR) is 44.2 cm³/mol. The van der Waals surface area contributed by atoms with Crippen LogP contribution in [-0.4, -0.2) is 5.16 Å². The van der Waals surface area contributed by atoms with E-state index in [2.05, 4.69) is 19.0 Å². The first-order valence-corrected chi connectivity index (χ1v) is 3.82. The molecule has 0 bridgehead atoms. The van der Waals surface area contributed by atoms with Crippen molar-refractivity contribution in [3.63, 3.8) is 0 Å². The minimum Gasteiger partial charge on any atom is -0.367 e.